The van der Waals surface area contributed by atoms with Crippen LogP contribution in [-0.2, 0) is 0 Å². The van der Waals surface area contributed by atoms with Gasteiger partial charge in [0.1, 0.15) is 0 Å². The zero-order chi connectivity index (χ0) is 29.3. The fourth-order valence-electron chi connectivity index (χ4n) is 4.55. The second-order valence-corrected chi connectivity index (χ2v) is 9.53. The number of ketones is 1. The van der Waals surface area contributed by atoms with Crippen LogP contribution in [0, 0.1) is 20.2 Å². The third kappa shape index (κ3) is 5.51. The first-order chi connectivity index (χ1) is 19.6. The molecule has 1 aromatic heterocycles. The van der Waals surface area contributed by atoms with Crippen LogP contribution in [0.2, 0.25) is 5.02 Å². The van der Waals surface area contributed by atoms with E-state index in [2.05, 4.69) is 20.5 Å². The van der Waals surface area contributed by atoms with E-state index in [4.69, 9.17) is 11.6 Å². The Labute approximate surface area is 236 Å². The van der Waals surface area contributed by atoms with Gasteiger partial charge in [-0.15, -0.1) is 0 Å². The minimum atomic E-state index is -0.838. The van der Waals surface area contributed by atoms with Crippen LogP contribution in [0.15, 0.2) is 78.5 Å². The number of amides is 2. The molecule has 1 unspecified atom stereocenters. The number of nitrogens with zero attached hydrogens (tertiary/aromatic N) is 5. The number of Topliss-reactive ketones (excluding diaryl/α,β-unsaturated/α-hetero) is 1. The van der Waals surface area contributed by atoms with Crippen molar-refractivity contribution in [3.05, 3.63) is 121 Å². The summed E-state index contributed by atoms with van der Waals surface area (Å²) in [5, 5.41) is 32.8. The molecule has 3 aromatic carbocycles. The molecule has 0 bridgehead atoms. The average molecular weight is 574 g/mol. The lowest BCUT2D eigenvalue weighted by Crippen LogP contribution is -2.48. The summed E-state index contributed by atoms with van der Waals surface area (Å²) in [5.74, 6) is -0.0664. The maximum absolute atomic E-state index is 13.3. The van der Waals surface area contributed by atoms with Crippen molar-refractivity contribution < 1.29 is 19.4 Å². The fourth-order valence-corrected chi connectivity index (χ4v) is 4.67. The first kappa shape index (κ1) is 27.1. The molecule has 2 N–H and O–H groups in total. The molecule has 2 heterocycles. The number of halogens is 1. The van der Waals surface area contributed by atoms with Gasteiger partial charge >= 0.3 is 6.03 Å². The topological polar surface area (TPSA) is 177 Å². The number of hydrogen-bond donors (Lipinski definition) is 2. The smallest absolute Gasteiger partial charge is 0.311 e. The zero-order valence-electron chi connectivity index (χ0n) is 21.3. The molecule has 4 aromatic rings. The van der Waals surface area contributed by atoms with Crippen molar-refractivity contribution in [2.75, 3.05) is 6.54 Å². The van der Waals surface area contributed by atoms with E-state index in [0.717, 1.165) is 6.07 Å². The molecule has 41 heavy (non-hydrogen) atoms. The molecule has 13 nitrogen and oxygen atoms in total. The van der Waals surface area contributed by atoms with E-state index in [9.17, 15) is 29.8 Å². The molecule has 2 amide bonds. The number of allylic oxidation sites excluding steroid dienone is 1. The van der Waals surface area contributed by atoms with Crippen molar-refractivity contribution in [3.8, 4) is 11.4 Å². The molecule has 0 aliphatic carbocycles. The number of nitro benzene ring substituents is 2. The van der Waals surface area contributed by atoms with Gasteiger partial charge in [0, 0.05) is 51.7 Å². The molecule has 1 atom stereocenters. The number of non-ortho nitro benzene ring substituents is 2. The predicted octanol–water partition coefficient (Wildman–Crippen LogP) is 5.32. The van der Waals surface area contributed by atoms with Crippen LogP contribution < -0.4 is 5.32 Å². The summed E-state index contributed by atoms with van der Waals surface area (Å²) in [6.07, 6.45) is 0. The fraction of sp³-hybridized carbons (Fsp3) is 0.111. The van der Waals surface area contributed by atoms with Gasteiger partial charge < -0.3 is 10.2 Å². The number of nitro groups is 2. The monoisotopic (exact) mass is 573 g/mol. The summed E-state index contributed by atoms with van der Waals surface area (Å²) in [6.45, 7) is 1.26. The van der Waals surface area contributed by atoms with Crippen LogP contribution >= 0.6 is 11.6 Å². The van der Waals surface area contributed by atoms with E-state index >= 15 is 0 Å². The zero-order valence-corrected chi connectivity index (χ0v) is 22.0. The molecule has 0 radical (unpaired) electrons. The van der Waals surface area contributed by atoms with Gasteiger partial charge in [-0.25, -0.2) is 9.78 Å². The van der Waals surface area contributed by atoms with E-state index in [-0.39, 0.29) is 28.6 Å². The second kappa shape index (κ2) is 11.0. The largest absolute Gasteiger partial charge is 0.322 e. The van der Waals surface area contributed by atoms with E-state index in [0.29, 0.717) is 27.4 Å². The molecular formula is C27H20ClN7O6. The van der Waals surface area contributed by atoms with Gasteiger partial charge in [-0.1, -0.05) is 48.0 Å². The van der Waals surface area contributed by atoms with E-state index in [1.807, 2.05) is 0 Å². The Bertz CT molecular complexity index is 1730. The second-order valence-electron chi connectivity index (χ2n) is 9.10. The quantitative estimate of drug-likeness (QED) is 0.161. The number of carbonyl (C=O) groups is 2. The highest BCUT2D eigenvalue weighted by atomic mass is 35.5. The predicted molar refractivity (Wildman–Crippen MR) is 148 cm³/mol. The summed E-state index contributed by atoms with van der Waals surface area (Å²) >= 11 is 6.12. The van der Waals surface area contributed by atoms with Gasteiger partial charge in [0.2, 0.25) is 0 Å². The Kier molecular flexibility index (Phi) is 7.27. The molecule has 0 fully saturated rings. The van der Waals surface area contributed by atoms with E-state index in [1.54, 1.807) is 37.3 Å². The summed E-state index contributed by atoms with van der Waals surface area (Å²) < 4.78 is 0. The molecule has 14 heteroatoms. The first-order valence-corrected chi connectivity index (χ1v) is 12.5. The highest BCUT2D eigenvalue weighted by Crippen LogP contribution is 2.39. The summed E-state index contributed by atoms with van der Waals surface area (Å²) in [4.78, 5) is 53.8. The number of aromatic amines is 1. The van der Waals surface area contributed by atoms with Gasteiger partial charge in [-0.3, -0.25) is 30.1 Å². The molecule has 0 spiro atoms. The van der Waals surface area contributed by atoms with Crippen LogP contribution in [0.4, 0.5) is 16.2 Å². The third-order valence-corrected chi connectivity index (χ3v) is 6.73. The minimum absolute atomic E-state index is 0.0716. The summed E-state index contributed by atoms with van der Waals surface area (Å²) in [7, 11) is 0. The van der Waals surface area contributed by atoms with Gasteiger partial charge in [0.05, 0.1) is 22.4 Å². The van der Waals surface area contributed by atoms with Crippen molar-refractivity contribution in [2.24, 2.45) is 0 Å². The number of carbonyl (C=O) groups excluding carboxylic acids is 2. The maximum Gasteiger partial charge on any atom is 0.322 e. The van der Waals surface area contributed by atoms with Gasteiger partial charge in [-0.05, 0) is 24.6 Å². The van der Waals surface area contributed by atoms with Crippen LogP contribution in [-0.4, -0.2) is 48.3 Å². The third-order valence-electron chi connectivity index (χ3n) is 6.48. The minimum Gasteiger partial charge on any atom is -0.311 e. The van der Waals surface area contributed by atoms with Crippen molar-refractivity contribution in [1.29, 1.82) is 0 Å². The number of hydrogen-bond acceptors (Lipinski definition) is 8. The number of rotatable bonds is 8. The van der Waals surface area contributed by atoms with Crippen molar-refractivity contribution in [2.45, 2.75) is 13.0 Å². The van der Waals surface area contributed by atoms with Gasteiger partial charge in [0.25, 0.3) is 11.4 Å². The van der Waals surface area contributed by atoms with Crippen LogP contribution in [0.1, 0.15) is 34.7 Å². The first-order valence-electron chi connectivity index (χ1n) is 12.1. The van der Waals surface area contributed by atoms with Gasteiger partial charge in [0.15, 0.2) is 17.4 Å². The SMILES string of the molecule is CC1=C(c2nc(-c3cccc([N+](=O)[O-])c3)n[nH]2)C(c2ccc(Cl)cc2)N(CC(=O)c2cccc([N+](=O)[O-])c2)C(=O)N1. The molecule has 0 saturated carbocycles. The van der Waals surface area contributed by atoms with Crippen molar-refractivity contribution >= 4 is 40.4 Å². The molecule has 1 aliphatic heterocycles. The number of benzene rings is 3. The van der Waals surface area contributed by atoms with Crippen LogP contribution in [0.5, 0.6) is 0 Å². The summed E-state index contributed by atoms with van der Waals surface area (Å²) in [6, 6.07) is 16.4. The average Bonchev–Trinajstić information content (AvgIpc) is 3.44. The van der Waals surface area contributed by atoms with Crippen molar-refractivity contribution in [3.63, 3.8) is 0 Å². The number of nitrogens with one attached hydrogen (secondary N) is 2. The lowest BCUT2D eigenvalue weighted by atomic mass is 9.92. The molecule has 1 aliphatic rings. The maximum atomic E-state index is 13.3. The highest BCUT2D eigenvalue weighted by molar-refractivity contribution is 6.30. The van der Waals surface area contributed by atoms with Crippen LogP contribution in [0.25, 0.3) is 17.0 Å². The molecule has 206 valence electrons. The Morgan fingerprint density at radius 2 is 1.66 bits per heavy atom. The Hall–Kier alpha value is -5.43. The van der Waals surface area contributed by atoms with E-state index < -0.39 is 34.2 Å². The van der Waals surface area contributed by atoms with E-state index in [1.165, 1.54) is 41.3 Å². The lowest BCUT2D eigenvalue weighted by molar-refractivity contribution is -0.385. The van der Waals surface area contributed by atoms with Gasteiger partial charge in [-0.2, -0.15) is 5.10 Å². The number of H-pyrrole nitrogens is 1. The highest BCUT2D eigenvalue weighted by Gasteiger charge is 2.38. The standard InChI is InChI=1S/C27H20ClN7O6/c1-15-23(26-30-25(31-32-26)18-5-3-7-21(13-18)35(40)41)24(16-8-10-19(28)11-9-16)33(27(37)29-15)14-22(36)17-4-2-6-20(12-17)34(38)39/h2-13,24H,14H2,1H3,(H,29,37)(H,30,31,32). The normalized spacial score (nSPS) is 15.0. The number of urea groups is 1. The van der Waals surface area contributed by atoms with Crippen LogP contribution in [0.3, 0.4) is 0 Å². The Morgan fingerprint density at radius 3 is 2.34 bits per heavy atom. The van der Waals surface area contributed by atoms with Crippen molar-refractivity contribution in [1.82, 2.24) is 25.4 Å². The molecular weight excluding hydrogens is 554 g/mol. The summed E-state index contributed by atoms with van der Waals surface area (Å²) in [5.41, 5.74) is 1.64. The molecule has 0 saturated heterocycles. The lowest BCUT2D eigenvalue weighted by Gasteiger charge is -2.37. The molecule has 5 rings (SSSR count). The Balaban J connectivity index is 1.56. The Morgan fingerprint density at radius 1 is 1.00 bits per heavy atom. The number of aromatic nitrogens is 3.